The Bertz CT molecular complexity index is 948. The number of halogens is 1. The standard InChI is InChI=1S/C18H15FN2O7/c1-26-15-4-2-11(6-13(15)19)9-28-18(23)8-20-14-7-12(21(24)25)3-5-16(14)27-10-17(20)22/h2-7H,8-10H2,1H3. The molecule has 0 unspecified atom stereocenters. The lowest BCUT2D eigenvalue weighted by atomic mass is 10.2. The van der Waals surface area contributed by atoms with Gasteiger partial charge in [-0.2, -0.15) is 0 Å². The van der Waals surface area contributed by atoms with Crippen LogP contribution in [0.5, 0.6) is 11.5 Å². The fourth-order valence-electron chi connectivity index (χ4n) is 2.62. The molecule has 2 aromatic carbocycles. The number of carbonyl (C=O) groups excluding carboxylic acids is 2. The molecule has 0 spiro atoms. The number of hydrogen-bond acceptors (Lipinski definition) is 7. The number of carbonyl (C=O) groups is 2. The first-order valence-corrected chi connectivity index (χ1v) is 8.08. The van der Waals surface area contributed by atoms with Crippen molar-refractivity contribution in [1.82, 2.24) is 0 Å². The van der Waals surface area contributed by atoms with Gasteiger partial charge in [0.25, 0.3) is 11.6 Å². The van der Waals surface area contributed by atoms with Crippen LogP contribution in [0, 0.1) is 15.9 Å². The SMILES string of the molecule is COc1ccc(COC(=O)CN2C(=O)COc3ccc([N+](=O)[O-])cc32)cc1F. The lowest BCUT2D eigenvalue weighted by molar-refractivity contribution is -0.384. The maximum Gasteiger partial charge on any atom is 0.326 e. The van der Waals surface area contributed by atoms with Gasteiger partial charge in [0.15, 0.2) is 18.2 Å². The summed E-state index contributed by atoms with van der Waals surface area (Å²) >= 11 is 0. The molecular formula is C18H15FN2O7. The van der Waals surface area contributed by atoms with E-state index >= 15 is 0 Å². The summed E-state index contributed by atoms with van der Waals surface area (Å²) in [5.74, 6) is -1.59. The lowest BCUT2D eigenvalue weighted by Crippen LogP contribution is -2.42. The molecule has 1 heterocycles. The first kappa shape index (κ1) is 19.1. The molecule has 0 fully saturated rings. The topological polar surface area (TPSA) is 108 Å². The largest absolute Gasteiger partial charge is 0.494 e. The molecule has 0 N–H and O–H groups in total. The molecule has 0 bridgehead atoms. The van der Waals surface area contributed by atoms with Crippen molar-refractivity contribution in [1.29, 1.82) is 0 Å². The summed E-state index contributed by atoms with van der Waals surface area (Å²) in [4.78, 5) is 35.7. The highest BCUT2D eigenvalue weighted by molar-refractivity contribution is 6.01. The number of nitro groups is 1. The highest BCUT2D eigenvalue weighted by atomic mass is 19.1. The zero-order valence-electron chi connectivity index (χ0n) is 14.7. The number of esters is 1. The van der Waals surface area contributed by atoms with Gasteiger partial charge in [-0.3, -0.25) is 24.6 Å². The molecule has 9 nitrogen and oxygen atoms in total. The molecule has 1 aliphatic rings. The number of rotatable bonds is 6. The van der Waals surface area contributed by atoms with E-state index in [1.54, 1.807) is 0 Å². The number of methoxy groups -OCH3 is 1. The summed E-state index contributed by atoms with van der Waals surface area (Å²) in [6.07, 6.45) is 0. The third-order valence-electron chi connectivity index (χ3n) is 4.00. The minimum absolute atomic E-state index is 0.0622. The zero-order chi connectivity index (χ0) is 20.3. The number of ether oxygens (including phenoxy) is 3. The van der Waals surface area contributed by atoms with Crippen LogP contribution in [-0.2, 0) is 20.9 Å². The molecule has 0 radical (unpaired) electrons. The molecule has 0 aliphatic carbocycles. The summed E-state index contributed by atoms with van der Waals surface area (Å²) in [7, 11) is 1.33. The molecule has 2 aromatic rings. The number of nitrogens with zero attached hydrogens (tertiary/aromatic N) is 2. The predicted octanol–water partition coefficient (Wildman–Crippen LogP) is 2.21. The Balaban J connectivity index is 1.70. The van der Waals surface area contributed by atoms with Gasteiger partial charge in [-0.15, -0.1) is 0 Å². The van der Waals surface area contributed by atoms with Crippen LogP contribution in [0.2, 0.25) is 0 Å². The van der Waals surface area contributed by atoms with Crippen molar-refractivity contribution >= 4 is 23.3 Å². The van der Waals surface area contributed by atoms with Gasteiger partial charge in [0, 0.05) is 12.1 Å². The van der Waals surface area contributed by atoms with E-state index in [2.05, 4.69) is 0 Å². The Morgan fingerprint density at radius 2 is 2.11 bits per heavy atom. The van der Waals surface area contributed by atoms with Crippen LogP contribution in [0.3, 0.4) is 0 Å². The van der Waals surface area contributed by atoms with Crippen molar-refractivity contribution in [3.8, 4) is 11.5 Å². The van der Waals surface area contributed by atoms with E-state index < -0.39 is 29.2 Å². The quantitative estimate of drug-likeness (QED) is 0.423. The van der Waals surface area contributed by atoms with E-state index in [9.17, 15) is 24.1 Å². The third-order valence-corrected chi connectivity index (χ3v) is 4.00. The van der Waals surface area contributed by atoms with E-state index in [1.807, 2.05) is 0 Å². The van der Waals surface area contributed by atoms with Crippen molar-refractivity contribution in [2.24, 2.45) is 0 Å². The molecule has 0 saturated carbocycles. The number of non-ortho nitro benzene ring substituents is 1. The molecule has 3 rings (SSSR count). The highest BCUT2D eigenvalue weighted by Crippen LogP contribution is 2.35. The van der Waals surface area contributed by atoms with Crippen LogP contribution < -0.4 is 14.4 Å². The van der Waals surface area contributed by atoms with E-state index in [0.717, 1.165) is 11.0 Å². The van der Waals surface area contributed by atoms with Gasteiger partial charge in [-0.1, -0.05) is 6.07 Å². The number of fused-ring (bicyclic) bond motifs is 1. The minimum atomic E-state index is -0.760. The minimum Gasteiger partial charge on any atom is -0.494 e. The summed E-state index contributed by atoms with van der Waals surface area (Å²) in [5.41, 5.74) is 0.262. The Kier molecular flexibility index (Phi) is 5.39. The van der Waals surface area contributed by atoms with Crippen LogP contribution in [0.1, 0.15) is 5.56 Å². The molecular weight excluding hydrogens is 375 g/mol. The van der Waals surface area contributed by atoms with Crippen LogP contribution in [0.4, 0.5) is 15.8 Å². The number of anilines is 1. The maximum absolute atomic E-state index is 13.7. The van der Waals surface area contributed by atoms with E-state index in [1.165, 1.54) is 37.4 Å². The molecule has 28 heavy (non-hydrogen) atoms. The Morgan fingerprint density at radius 1 is 1.32 bits per heavy atom. The highest BCUT2D eigenvalue weighted by Gasteiger charge is 2.29. The van der Waals surface area contributed by atoms with Gasteiger partial charge in [-0.05, 0) is 23.8 Å². The van der Waals surface area contributed by atoms with Crippen LogP contribution in [0.15, 0.2) is 36.4 Å². The Morgan fingerprint density at radius 3 is 2.79 bits per heavy atom. The molecule has 1 aliphatic heterocycles. The summed E-state index contributed by atoms with van der Waals surface area (Å²) in [5, 5.41) is 11.0. The second kappa shape index (κ2) is 7.91. The third kappa shape index (κ3) is 4.00. The first-order valence-electron chi connectivity index (χ1n) is 8.08. The molecule has 0 aromatic heterocycles. The van der Waals surface area contributed by atoms with E-state index in [4.69, 9.17) is 14.2 Å². The second-order valence-electron chi connectivity index (χ2n) is 5.81. The predicted molar refractivity (Wildman–Crippen MR) is 93.7 cm³/mol. The number of benzene rings is 2. The van der Waals surface area contributed by atoms with Crippen LogP contribution in [0.25, 0.3) is 0 Å². The van der Waals surface area contributed by atoms with Crippen LogP contribution >= 0.6 is 0 Å². The van der Waals surface area contributed by atoms with E-state index in [-0.39, 0.29) is 36.1 Å². The zero-order valence-corrected chi connectivity index (χ0v) is 14.7. The van der Waals surface area contributed by atoms with Crippen LogP contribution in [-0.4, -0.2) is 37.1 Å². The molecule has 10 heteroatoms. The van der Waals surface area contributed by atoms with Gasteiger partial charge in [-0.25, -0.2) is 4.39 Å². The summed E-state index contributed by atoms with van der Waals surface area (Å²) < 4.78 is 28.8. The molecule has 146 valence electrons. The van der Waals surface area contributed by atoms with Crippen molar-refractivity contribution in [3.05, 3.63) is 57.9 Å². The second-order valence-corrected chi connectivity index (χ2v) is 5.81. The van der Waals surface area contributed by atoms with Crippen molar-refractivity contribution < 1.29 is 33.1 Å². The molecule has 1 amide bonds. The molecule has 0 atom stereocenters. The number of nitro benzene ring substituents is 1. The van der Waals surface area contributed by atoms with Gasteiger partial charge in [0.05, 0.1) is 17.7 Å². The maximum atomic E-state index is 13.7. The number of amides is 1. The average molecular weight is 390 g/mol. The van der Waals surface area contributed by atoms with Gasteiger partial charge in [0.2, 0.25) is 0 Å². The van der Waals surface area contributed by atoms with Gasteiger partial charge in [0.1, 0.15) is 18.9 Å². The van der Waals surface area contributed by atoms with Crippen molar-refractivity contribution in [3.63, 3.8) is 0 Å². The number of hydrogen-bond donors (Lipinski definition) is 0. The Labute approximate surface area is 158 Å². The normalized spacial score (nSPS) is 12.8. The molecule has 0 saturated heterocycles. The monoisotopic (exact) mass is 390 g/mol. The lowest BCUT2D eigenvalue weighted by Gasteiger charge is -2.28. The van der Waals surface area contributed by atoms with Gasteiger partial charge >= 0.3 is 5.97 Å². The first-order chi connectivity index (χ1) is 13.4. The fraction of sp³-hybridized carbons (Fsp3) is 0.222. The smallest absolute Gasteiger partial charge is 0.326 e. The van der Waals surface area contributed by atoms with Crippen molar-refractivity contribution in [2.75, 3.05) is 25.2 Å². The average Bonchev–Trinajstić information content (AvgIpc) is 2.68. The summed E-state index contributed by atoms with van der Waals surface area (Å²) in [6, 6.07) is 7.86. The van der Waals surface area contributed by atoms with E-state index in [0.29, 0.717) is 5.56 Å². The fourth-order valence-corrected chi connectivity index (χ4v) is 2.62. The van der Waals surface area contributed by atoms with Crippen molar-refractivity contribution in [2.45, 2.75) is 6.61 Å². The summed E-state index contributed by atoms with van der Waals surface area (Å²) in [6.45, 7) is -0.975. The Hall–Kier alpha value is -3.69. The van der Waals surface area contributed by atoms with Gasteiger partial charge < -0.3 is 14.2 Å².